The molecule has 0 amide bonds. The molecule has 2 aliphatic carbocycles. The van der Waals surface area contributed by atoms with Gasteiger partial charge in [0.15, 0.2) is 0 Å². The van der Waals surface area contributed by atoms with E-state index in [0.29, 0.717) is 47.6 Å². The molecule has 6 heteroatoms. The van der Waals surface area contributed by atoms with E-state index in [-0.39, 0.29) is 17.7 Å². The number of ether oxygens (including phenoxy) is 2. The molecule has 0 bridgehead atoms. The molecular formula is C27H22FNO4. The second kappa shape index (κ2) is 8.25. The first kappa shape index (κ1) is 21.0. The second-order valence-electron chi connectivity index (χ2n) is 8.63. The number of benzene rings is 3. The van der Waals surface area contributed by atoms with Crippen molar-refractivity contribution in [1.29, 1.82) is 5.26 Å². The maximum atomic E-state index is 14.8. The van der Waals surface area contributed by atoms with Gasteiger partial charge in [-0.15, -0.1) is 0 Å². The largest absolute Gasteiger partial charge is 0.486 e. The predicted octanol–water partition coefficient (Wildman–Crippen LogP) is 6.05. The maximum absolute atomic E-state index is 14.8. The summed E-state index contributed by atoms with van der Waals surface area (Å²) in [5.41, 5.74) is 3.68. The molecule has 5 rings (SSSR count). The van der Waals surface area contributed by atoms with Crippen molar-refractivity contribution in [2.24, 2.45) is 5.92 Å². The van der Waals surface area contributed by atoms with Crippen LogP contribution in [-0.2, 0) is 11.2 Å². The minimum absolute atomic E-state index is 0.0617. The first-order chi connectivity index (χ1) is 15.9. The molecule has 1 saturated carbocycles. The minimum atomic E-state index is -0.757. The van der Waals surface area contributed by atoms with Crippen molar-refractivity contribution >= 4 is 5.97 Å². The second-order valence-corrected chi connectivity index (χ2v) is 8.63. The molecule has 0 aliphatic heterocycles. The van der Waals surface area contributed by atoms with Crippen LogP contribution in [0.15, 0.2) is 54.6 Å². The van der Waals surface area contributed by atoms with E-state index in [9.17, 15) is 9.18 Å². The zero-order chi connectivity index (χ0) is 23.1. The Hall–Kier alpha value is -3.85. The molecule has 3 aromatic carbocycles. The standard InChI is InChI=1S/C27H22FNO4/c1-15-12-16(14-29)2-9-23(15)33-24-11-8-22(28)26-19(24)7-10-25(26)32-18-5-3-17(4-6-18)20-13-21(20)27(30)31/h2-6,8-9,11-12,20-21,25H,7,10,13H2,1H3,(H,30,31)/t20-,21+,25-/m1/s1. The number of nitriles is 1. The minimum Gasteiger partial charge on any atom is -0.486 e. The Morgan fingerprint density at radius 1 is 1.12 bits per heavy atom. The Labute approximate surface area is 191 Å². The fraction of sp³-hybridized carbons (Fsp3) is 0.259. The normalized spacial score (nSPS) is 20.6. The Bertz CT molecular complexity index is 1280. The SMILES string of the molecule is Cc1cc(C#N)ccc1Oc1ccc(F)c2c1CC[C@H]2Oc1ccc([C@H]2C[C@@H]2C(=O)O)cc1. The average Bonchev–Trinajstić information content (AvgIpc) is 3.51. The van der Waals surface area contributed by atoms with Gasteiger partial charge in [0.2, 0.25) is 0 Å². The Kier molecular flexibility index (Phi) is 5.26. The Morgan fingerprint density at radius 3 is 2.55 bits per heavy atom. The van der Waals surface area contributed by atoms with Crippen molar-refractivity contribution < 1.29 is 23.8 Å². The van der Waals surface area contributed by atoms with Crippen LogP contribution in [0.1, 0.15) is 52.7 Å². The van der Waals surface area contributed by atoms with Gasteiger partial charge in [0.25, 0.3) is 0 Å². The summed E-state index contributed by atoms with van der Waals surface area (Å²) < 4.78 is 27.0. The van der Waals surface area contributed by atoms with Gasteiger partial charge in [-0.1, -0.05) is 12.1 Å². The molecule has 3 atom stereocenters. The highest BCUT2D eigenvalue weighted by molar-refractivity contribution is 5.75. The third kappa shape index (κ3) is 4.03. The van der Waals surface area contributed by atoms with Crippen LogP contribution in [0.5, 0.6) is 17.2 Å². The van der Waals surface area contributed by atoms with Crippen LogP contribution in [0.3, 0.4) is 0 Å². The Morgan fingerprint density at radius 2 is 1.88 bits per heavy atom. The van der Waals surface area contributed by atoms with Crippen molar-refractivity contribution in [3.8, 4) is 23.3 Å². The van der Waals surface area contributed by atoms with E-state index in [1.807, 2.05) is 31.2 Å². The molecule has 0 aromatic heterocycles. The van der Waals surface area contributed by atoms with Gasteiger partial charge in [0, 0.05) is 11.1 Å². The van der Waals surface area contributed by atoms with Crippen LogP contribution in [0.25, 0.3) is 0 Å². The highest BCUT2D eigenvalue weighted by Crippen LogP contribution is 2.48. The smallest absolute Gasteiger partial charge is 0.307 e. The lowest BCUT2D eigenvalue weighted by Gasteiger charge is -2.17. The monoisotopic (exact) mass is 443 g/mol. The summed E-state index contributed by atoms with van der Waals surface area (Å²) in [6.45, 7) is 1.87. The molecule has 1 N–H and O–H groups in total. The fourth-order valence-electron chi connectivity index (χ4n) is 4.60. The maximum Gasteiger partial charge on any atom is 0.307 e. The number of nitrogens with zero attached hydrogens (tertiary/aromatic N) is 1. The molecule has 33 heavy (non-hydrogen) atoms. The van der Waals surface area contributed by atoms with E-state index >= 15 is 0 Å². The lowest BCUT2D eigenvalue weighted by Crippen LogP contribution is -2.06. The molecule has 0 radical (unpaired) electrons. The van der Waals surface area contributed by atoms with E-state index < -0.39 is 12.1 Å². The molecule has 2 aliphatic rings. The topological polar surface area (TPSA) is 79.5 Å². The number of carboxylic acid groups (broad SMARTS) is 1. The van der Waals surface area contributed by atoms with Crippen LogP contribution in [-0.4, -0.2) is 11.1 Å². The van der Waals surface area contributed by atoms with Gasteiger partial charge in [0.1, 0.15) is 29.2 Å². The van der Waals surface area contributed by atoms with Gasteiger partial charge < -0.3 is 14.6 Å². The number of fused-ring (bicyclic) bond motifs is 1. The zero-order valence-corrected chi connectivity index (χ0v) is 18.0. The molecule has 0 heterocycles. The predicted molar refractivity (Wildman–Crippen MR) is 119 cm³/mol. The zero-order valence-electron chi connectivity index (χ0n) is 18.0. The van der Waals surface area contributed by atoms with E-state index in [4.69, 9.17) is 19.8 Å². The third-order valence-corrected chi connectivity index (χ3v) is 6.46. The summed E-state index contributed by atoms with van der Waals surface area (Å²) >= 11 is 0. The quantitative estimate of drug-likeness (QED) is 0.501. The van der Waals surface area contributed by atoms with Crippen molar-refractivity contribution in [2.45, 2.75) is 38.2 Å². The number of carbonyl (C=O) groups is 1. The summed E-state index contributed by atoms with van der Waals surface area (Å²) in [5.74, 6) is 0.523. The van der Waals surface area contributed by atoms with E-state index in [1.165, 1.54) is 6.07 Å². The summed E-state index contributed by atoms with van der Waals surface area (Å²) in [4.78, 5) is 11.1. The fourth-order valence-corrected chi connectivity index (χ4v) is 4.60. The van der Waals surface area contributed by atoms with Crippen LogP contribution in [0.4, 0.5) is 4.39 Å². The molecule has 3 aromatic rings. The molecule has 166 valence electrons. The van der Waals surface area contributed by atoms with Gasteiger partial charge in [-0.2, -0.15) is 5.26 Å². The summed E-state index contributed by atoms with van der Waals surface area (Å²) in [6.07, 6.45) is 1.50. The van der Waals surface area contributed by atoms with Crippen LogP contribution in [0.2, 0.25) is 0 Å². The number of halogens is 1. The summed E-state index contributed by atoms with van der Waals surface area (Å²) in [5, 5.41) is 18.2. The van der Waals surface area contributed by atoms with E-state index in [0.717, 1.165) is 16.7 Å². The molecule has 5 nitrogen and oxygen atoms in total. The first-order valence-electron chi connectivity index (χ1n) is 10.9. The number of hydrogen-bond donors (Lipinski definition) is 1. The number of carboxylic acids is 1. The lowest BCUT2D eigenvalue weighted by molar-refractivity contribution is -0.138. The molecule has 1 fully saturated rings. The molecule has 0 saturated heterocycles. The van der Waals surface area contributed by atoms with Crippen molar-refractivity contribution in [2.75, 3.05) is 0 Å². The molecule has 0 spiro atoms. The summed E-state index contributed by atoms with van der Waals surface area (Å²) in [6, 6.07) is 17.8. The van der Waals surface area contributed by atoms with E-state index in [2.05, 4.69) is 6.07 Å². The highest BCUT2D eigenvalue weighted by atomic mass is 19.1. The number of aliphatic carboxylic acids is 1. The number of aryl methyl sites for hydroxylation is 1. The lowest BCUT2D eigenvalue weighted by atomic mass is 10.1. The van der Waals surface area contributed by atoms with E-state index in [1.54, 1.807) is 24.3 Å². The van der Waals surface area contributed by atoms with Crippen LogP contribution in [0, 0.1) is 30.0 Å². The number of rotatable bonds is 6. The van der Waals surface area contributed by atoms with Gasteiger partial charge in [-0.25, -0.2) is 4.39 Å². The van der Waals surface area contributed by atoms with Crippen molar-refractivity contribution in [1.82, 2.24) is 0 Å². The van der Waals surface area contributed by atoms with Crippen LogP contribution >= 0.6 is 0 Å². The molecule has 0 unspecified atom stereocenters. The van der Waals surface area contributed by atoms with Gasteiger partial charge in [-0.05, 0) is 85.7 Å². The summed E-state index contributed by atoms with van der Waals surface area (Å²) in [7, 11) is 0. The van der Waals surface area contributed by atoms with Crippen molar-refractivity contribution in [3.05, 3.63) is 88.2 Å². The van der Waals surface area contributed by atoms with Gasteiger partial charge in [-0.3, -0.25) is 4.79 Å². The van der Waals surface area contributed by atoms with Crippen molar-refractivity contribution in [3.63, 3.8) is 0 Å². The Balaban J connectivity index is 1.34. The first-order valence-corrected chi connectivity index (χ1v) is 10.9. The van der Waals surface area contributed by atoms with Gasteiger partial charge >= 0.3 is 5.97 Å². The third-order valence-electron chi connectivity index (χ3n) is 6.46. The highest BCUT2D eigenvalue weighted by Gasteiger charge is 2.44. The van der Waals surface area contributed by atoms with Crippen LogP contribution < -0.4 is 9.47 Å². The average molecular weight is 443 g/mol. The number of hydrogen-bond acceptors (Lipinski definition) is 4. The molecular weight excluding hydrogens is 421 g/mol. The van der Waals surface area contributed by atoms with Gasteiger partial charge in [0.05, 0.1) is 17.6 Å².